The van der Waals surface area contributed by atoms with Gasteiger partial charge in [0.2, 0.25) is 11.8 Å². The summed E-state index contributed by atoms with van der Waals surface area (Å²) in [5.74, 6) is -0.536. The molecule has 3 rings (SSSR count). The van der Waals surface area contributed by atoms with Crippen LogP contribution in [0.5, 0.6) is 0 Å². The van der Waals surface area contributed by atoms with Gasteiger partial charge in [0.15, 0.2) is 5.16 Å². The van der Waals surface area contributed by atoms with Crippen LogP contribution in [0.2, 0.25) is 0 Å². The number of nitrogens with zero attached hydrogens (tertiary/aromatic N) is 2. The minimum Gasteiger partial charge on any atom is -0.346 e. The van der Waals surface area contributed by atoms with E-state index in [9.17, 15) is 14.4 Å². The SMILES string of the molecule is CC[C@@H](C)n1c(SCC(=O)NCC(=O)Nc2c(C)cc(C)cc2C)nc2ccccc2c1=O. The molecule has 2 aromatic carbocycles. The summed E-state index contributed by atoms with van der Waals surface area (Å²) in [6, 6.07) is 11.2. The van der Waals surface area contributed by atoms with E-state index in [2.05, 4.69) is 15.6 Å². The third kappa shape index (κ3) is 5.82. The van der Waals surface area contributed by atoms with Gasteiger partial charge in [0.05, 0.1) is 23.2 Å². The first-order valence-electron chi connectivity index (χ1n) is 11.0. The first-order valence-corrected chi connectivity index (χ1v) is 12.0. The van der Waals surface area contributed by atoms with Crippen molar-refractivity contribution in [2.45, 2.75) is 52.2 Å². The monoisotopic (exact) mass is 466 g/mol. The summed E-state index contributed by atoms with van der Waals surface area (Å²) in [5.41, 5.74) is 4.36. The molecule has 0 aliphatic heterocycles. The van der Waals surface area contributed by atoms with Crippen LogP contribution in [0.1, 0.15) is 43.0 Å². The zero-order valence-corrected chi connectivity index (χ0v) is 20.5. The molecule has 0 aliphatic rings. The largest absolute Gasteiger partial charge is 0.346 e. The number of hydrogen-bond acceptors (Lipinski definition) is 5. The van der Waals surface area contributed by atoms with E-state index < -0.39 is 0 Å². The van der Waals surface area contributed by atoms with Gasteiger partial charge in [-0.3, -0.25) is 19.0 Å². The molecule has 174 valence electrons. The van der Waals surface area contributed by atoms with E-state index in [1.165, 1.54) is 11.8 Å². The Morgan fingerprint density at radius 1 is 1.09 bits per heavy atom. The van der Waals surface area contributed by atoms with E-state index in [4.69, 9.17) is 0 Å². The minimum atomic E-state index is -0.300. The highest BCUT2D eigenvalue weighted by Gasteiger charge is 2.17. The number of anilines is 1. The van der Waals surface area contributed by atoms with E-state index >= 15 is 0 Å². The average molecular weight is 467 g/mol. The Balaban J connectivity index is 1.65. The molecule has 0 bridgehead atoms. The number of carbonyl (C=O) groups is 2. The second kappa shape index (κ2) is 10.7. The minimum absolute atomic E-state index is 0.0491. The lowest BCUT2D eigenvalue weighted by atomic mass is 10.1. The van der Waals surface area contributed by atoms with E-state index in [1.807, 2.05) is 58.9 Å². The highest BCUT2D eigenvalue weighted by atomic mass is 32.2. The Kier molecular flexibility index (Phi) is 7.92. The fourth-order valence-electron chi connectivity index (χ4n) is 3.72. The molecular formula is C25H30N4O3S. The lowest BCUT2D eigenvalue weighted by molar-refractivity contribution is -0.122. The van der Waals surface area contributed by atoms with Crippen LogP contribution in [-0.4, -0.2) is 33.7 Å². The number of carbonyl (C=O) groups excluding carboxylic acids is 2. The molecule has 0 aliphatic carbocycles. The molecule has 2 amide bonds. The van der Waals surface area contributed by atoms with E-state index in [1.54, 1.807) is 16.7 Å². The van der Waals surface area contributed by atoms with Crippen molar-refractivity contribution in [3.05, 3.63) is 63.4 Å². The molecule has 0 fully saturated rings. The molecule has 7 nitrogen and oxygen atoms in total. The highest BCUT2D eigenvalue weighted by molar-refractivity contribution is 7.99. The number of fused-ring (bicyclic) bond motifs is 1. The fourth-order valence-corrected chi connectivity index (χ4v) is 4.65. The highest BCUT2D eigenvalue weighted by Crippen LogP contribution is 2.23. The average Bonchev–Trinajstić information content (AvgIpc) is 2.78. The number of rotatable bonds is 8. The molecule has 2 N–H and O–H groups in total. The van der Waals surface area contributed by atoms with Crippen molar-refractivity contribution < 1.29 is 9.59 Å². The molecule has 0 radical (unpaired) electrons. The number of nitrogens with one attached hydrogen (secondary N) is 2. The summed E-state index contributed by atoms with van der Waals surface area (Å²) in [7, 11) is 0. The molecule has 0 saturated carbocycles. The maximum absolute atomic E-state index is 13.0. The zero-order chi connectivity index (χ0) is 24.1. The van der Waals surface area contributed by atoms with Crippen LogP contribution in [-0.2, 0) is 9.59 Å². The van der Waals surface area contributed by atoms with Crippen molar-refractivity contribution in [1.82, 2.24) is 14.9 Å². The molecule has 33 heavy (non-hydrogen) atoms. The van der Waals surface area contributed by atoms with Gasteiger partial charge in [-0.15, -0.1) is 0 Å². The predicted octanol–water partition coefficient (Wildman–Crippen LogP) is 4.14. The normalized spacial score (nSPS) is 11.9. The van der Waals surface area contributed by atoms with Gasteiger partial charge in [-0.25, -0.2) is 4.98 Å². The van der Waals surface area contributed by atoms with Crippen LogP contribution in [0.25, 0.3) is 10.9 Å². The molecule has 1 atom stereocenters. The van der Waals surface area contributed by atoms with Gasteiger partial charge in [0.25, 0.3) is 5.56 Å². The van der Waals surface area contributed by atoms with Crippen molar-refractivity contribution in [3.63, 3.8) is 0 Å². The van der Waals surface area contributed by atoms with Crippen molar-refractivity contribution in [1.29, 1.82) is 0 Å². The lowest BCUT2D eigenvalue weighted by Gasteiger charge is -2.18. The lowest BCUT2D eigenvalue weighted by Crippen LogP contribution is -2.34. The zero-order valence-electron chi connectivity index (χ0n) is 19.7. The quantitative estimate of drug-likeness (QED) is 0.384. The second-order valence-corrected chi connectivity index (χ2v) is 9.17. The molecule has 0 saturated heterocycles. The number of aryl methyl sites for hydroxylation is 3. The Labute approximate surface area is 198 Å². The van der Waals surface area contributed by atoms with Crippen LogP contribution >= 0.6 is 11.8 Å². The molecule has 0 spiro atoms. The topological polar surface area (TPSA) is 93.1 Å². The summed E-state index contributed by atoms with van der Waals surface area (Å²) in [6.45, 7) is 9.73. The maximum atomic E-state index is 13.0. The first-order chi connectivity index (χ1) is 15.7. The molecular weight excluding hydrogens is 436 g/mol. The van der Waals surface area contributed by atoms with Gasteiger partial charge in [-0.1, -0.05) is 48.5 Å². The molecule has 0 unspecified atom stereocenters. The predicted molar refractivity (Wildman–Crippen MR) is 134 cm³/mol. The van der Waals surface area contributed by atoms with Gasteiger partial charge in [-0.2, -0.15) is 0 Å². The van der Waals surface area contributed by atoms with Crippen LogP contribution in [0.3, 0.4) is 0 Å². The van der Waals surface area contributed by atoms with Crippen molar-refractivity contribution in [3.8, 4) is 0 Å². The first kappa shape index (κ1) is 24.5. The van der Waals surface area contributed by atoms with E-state index in [0.717, 1.165) is 28.8 Å². The van der Waals surface area contributed by atoms with Gasteiger partial charge in [-0.05, 0) is 57.4 Å². The van der Waals surface area contributed by atoms with Crippen molar-refractivity contribution in [2.24, 2.45) is 0 Å². The summed E-state index contributed by atoms with van der Waals surface area (Å²) in [5, 5.41) is 6.59. The fraction of sp³-hybridized carbons (Fsp3) is 0.360. The van der Waals surface area contributed by atoms with E-state index in [0.29, 0.717) is 16.1 Å². The standard InChI is InChI=1S/C25H30N4O3S/c1-6-18(5)29-24(32)19-9-7-8-10-20(19)27-25(29)33-14-22(31)26-13-21(30)28-23-16(3)11-15(2)12-17(23)4/h7-12,18H,6,13-14H2,1-5H3,(H,26,31)(H,28,30)/t18-/m1/s1. The third-order valence-electron chi connectivity index (χ3n) is 5.53. The smallest absolute Gasteiger partial charge is 0.262 e. The maximum Gasteiger partial charge on any atom is 0.262 e. The van der Waals surface area contributed by atoms with Gasteiger partial charge < -0.3 is 10.6 Å². The Morgan fingerprint density at radius 2 is 1.76 bits per heavy atom. The second-order valence-electron chi connectivity index (χ2n) is 8.23. The molecule has 1 heterocycles. The van der Waals surface area contributed by atoms with E-state index in [-0.39, 0.29) is 35.7 Å². The Bertz CT molecular complexity index is 1230. The Morgan fingerprint density at radius 3 is 2.42 bits per heavy atom. The van der Waals surface area contributed by atoms with Gasteiger partial charge in [0.1, 0.15) is 0 Å². The van der Waals surface area contributed by atoms with Crippen LogP contribution in [0.15, 0.2) is 46.3 Å². The number of benzene rings is 2. The third-order valence-corrected chi connectivity index (χ3v) is 6.48. The number of aromatic nitrogens is 2. The summed E-state index contributed by atoms with van der Waals surface area (Å²) >= 11 is 1.20. The molecule has 3 aromatic rings. The van der Waals surface area contributed by atoms with Crippen LogP contribution in [0, 0.1) is 20.8 Å². The molecule has 8 heteroatoms. The summed E-state index contributed by atoms with van der Waals surface area (Å²) in [6.07, 6.45) is 0.762. The summed E-state index contributed by atoms with van der Waals surface area (Å²) < 4.78 is 1.65. The summed E-state index contributed by atoms with van der Waals surface area (Å²) in [4.78, 5) is 42.4. The molecule has 1 aromatic heterocycles. The Hall–Kier alpha value is -3.13. The van der Waals surface area contributed by atoms with Gasteiger partial charge in [0, 0.05) is 11.7 Å². The number of para-hydroxylation sites is 1. The van der Waals surface area contributed by atoms with Crippen molar-refractivity contribution >= 4 is 40.2 Å². The van der Waals surface area contributed by atoms with Crippen LogP contribution in [0.4, 0.5) is 5.69 Å². The number of thioether (sulfide) groups is 1. The number of hydrogen-bond donors (Lipinski definition) is 2. The van der Waals surface area contributed by atoms with Crippen molar-refractivity contribution in [2.75, 3.05) is 17.6 Å². The number of amides is 2. The van der Waals surface area contributed by atoms with Gasteiger partial charge >= 0.3 is 0 Å². The van der Waals surface area contributed by atoms with Crippen LogP contribution < -0.4 is 16.2 Å².